The van der Waals surface area contributed by atoms with E-state index in [2.05, 4.69) is 49.6 Å². The van der Waals surface area contributed by atoms with E-state index >= 15 is 0 Å². The van der Waals surface area contributed by atoms with E-state index in [4.69, 9.17) is 4.98 Å². The summed E-state index contributed by atoms with van der Waals surface area (Å²) >= 11 is 1.69. The van der Waals surface area contributed by atoms with Gasteiger partial charge in [0.2, 0.25) is 0 Å². The molecule has 3 aromatic rings. The summed E-state index contributed by atoms with van der Waals surface area (Å²) in [6.07, 6.45) is 1.86. The molecular formula is C20H23N3OS. The smallest absolute Gasteiger partial charge is 0.319 e. The Bertz CT molecular complexity index is 866. The number of hydrogen-bond donors (Lipinski definition) is 2. The molecule has 0 unspecified atom stereocenters. The minimum Gasteiger partial charge on any atom is -0.335 e. The standard InChI is InChI=1S/C20H23N3OS/c1-4-15(5-2)21-20(24)22-16-9-7-14(8-10-16)19-23-17-11-6-13(3)12-18(17)25-19/h6-12,15H,4-5H2,1-3H3,(H2,21,22,24). The van der Waals surface area contributed by atoms with Crippen LogP contribution in [0.1, 0.15) is 32.3 Å². The number of aryl methyl sites for hydroxylation is 1. The van der Waals surface area contributed by atoms with Crippen molar-refractivity contribution >= 4 is 33.3 Å². The lowest BCUT2D eigenvalue weighted by molar-refractivity contribution is 0.247. The topological polar surface area (TPSA) is 54.0 Å². The third-order valence-corrected chi connectivity index (χ3v) is 5.32. The second-order valence-electron chi connectivity index (χ2n) is 6.18. The van der Waals surface area contributed by atoms with Crippen LogP contribution in [0.4, 0.5) is 10.5 Å². The van der Waals surface area contributed by atoms with Gasteiger partial charge >= 0.3 is 6.03 Å². The summed E-state index contributed by atoms with van der Waals surface area (Å²) in [6, 6.07) is 14.2. The van der Waals surface area contributed by atoms with E-state index in [1.54, 1.807) is 11.3 Å². The molecule has 4 nitrogen and oxygen atoms in total. The first-order chi connectivity index (χ1) is 12.1. The van der Waals surface area contributed by atoms with Gasteiger partial charge in [-0.1, -0.05) is 19.9 Å². The molecule has 25 heavy (non-hydrogen) atoms. The van der Waals surface area contributed by atoms with Crippen molar-refractivity contribution in [3.63, 3.8) is 0 Å². The summed E-state index contributed by atoms with van der Waals surface area (Å²) in [7, 11) is 0. The van der Waals surface area contributed by atoms with E-state index in [1.165, 1.54) is 10.3 Å². The highest BCUT2D eigenvalue weighted by atomic mass is 32.1. The fraction of sp³-hybridized carbons (Fsp3) is 0.300. The lowest BCUT2D eigenvalue weighted by atomic mass is 10.2. The molecule has 0 aliphatic rings. The molecule has 0 saturated carbocycles. The first-order valence-corrected chi connectivity index (χ1v) is 9.45. The van der Waals surface area contributed by atoms with Crippen LogP contribution in [0.5, 0.6) is 0 Å². The zero-order valence-corrected chi connectivity index (χ0v) is 15.6. The van der Waals surface area contributed by atoms with Crippen LogP contribution in [-0.4, -0.2) is 17.1 Å². The zero-order chi connectivity index (χ0) is 17.8. The maximum absolute atomic E-state index is 12.0. The number of carbonyl (C=O) groups excluding carboxylic acids is 1. The second-order valence-corrected chi connectivity index (χ2v) is 7.21. The molecule has 1 aromatic heterocycles. The van der Waals surface area contributed by atoms with Crippen LogP contribution in [0.3, 0.4) is 0 Å². The minimum absolute atomic E-state index is 0.156. The number of amides is 2. The van der Waals surface area contributed by atoms with Gasteiger partial charge in [0.15, 0.2) is 0 Å². The molecule has 0 atom stereocenters. The summed E-state index contributed by atoms with van der Waals surface area (Å²) < 4.78 is 1.20. The molecule has 2 N–H and O–H groups in total. The van der Waals surface area contributed by atoms with Gasteiger partial charge in [-0.25, -0.2) is 9.78 Å². The number of thiazole rings is 1. The van der Waals surface area contributed by atoms with Gasteiger partial charge in [0.1, 0.15) is 5.01 Å². The van der Waals surface area contributed by atoms with Crippen molar-refractivity contribution < 1.29 is 4.79 Å². The van der Waals surface area contributed by atoms with Crippen molar-refractivity contribution in [3.8, 4) is 10.6 Å². The van der Waals surface area contributed by atoms with Gasteiger partial charge in [-0.05, 0) is 61.7 Å². The van der Waals surface area contributed by atoms with Crippen LogP contribution in [-0.2, 0) is 0 Å². The molecular weight excluding hydrogens is 330 g/mol. The Morgan fingerprint density at radius 3 is 2.52 bits per heavy atom. The van der Waals surface area contributed by atoms with Gasteiger partial charge in [0.25, 0.3) is 0 Å². The van der Waals surface area contributed by atoms with Crippen LogP contribution in [0, 0.1) is 6.92 Å². The summed E-state index contributed by atoms with van der Waals surface area (Å²) in [5.74, 6) is 0. The highest BCUT2D eigenvalue weighted by Crippen LogP contribution is 2.31. The van der Waals surface area contributed by atoms with E-state index in [1.807, 2.05) is 24.3 Å². The van der Waals surface area contributed by atoms with E-state index < -0.39 is 0 Å². The van der Waals surface area contributed by atoms with Crippen molar-refractivity contribution in [1.82, 2.24) is 10.3 Å². The Morgan fingerprint density at radius 1 is 1.12 bits per heavy atom. The molecule has 0 spiro atoms. The van der Waals surface area contributed by atoms with Gasteiger partial charge in [-0.3, -0.25) is 0 Å². The molecule has 3 rings (SSSR count). The normalized spacial score (nSPS) is 11.0. The van der Waals surface area contributed by atoms with Gasteiger partial charge in [-0.2, -0.15) is 0 Å². The molecule has 2 aromatic carbocycles. The Balaban J connectivity index is 1.72. The van der Waals surface area contributed by atoms with Crippen molar-refractivity contribution in [3.05, 3.63) is 48.0 Å². The SMILES string of the molecule is CCC(CC)NC(=O)Nc1ccc(-c2nc3ccc(C)cc3s2)cc1. The quantitative estimate of drug-likeness (QED) is 0.629. The van der Waals surface area contributed by atoms with Crippen molar-refractivity contribution in [2.75, 3.05) is 5.32 Å². The molecule has 0 aliphatic carbocycles. The van der Waals surface area contributed by atoms with Gasteiger partial charge < -0.3 is 10.6 Å². The highest BCUT2D eigenvalue weighted by Gasteiger charge is 2.09. The molecule has 0 fully saturated rings. The molecule has 0 bridgehead atoms. The third kappa shape index (κ3) is 4.17. The van der Waals surface area contributed by atoms with Crippen molar-refractivity contribution in [1.29, 1.82) is 0 Å². The number of nitrogens with zero attached hydrogens (tertiary/aromatic N) is 1. The number of aromatic nitrogens is 1. The largest absolute Gasteiger partial charge is 0.335 e. The number of anilines is 1. The van der Waals surface area contributed by atoms with E-state index in [0.717, 1.165) is 34.6 Å². The molecule has 0 aliphatic heterocycles. The number of rotatable bonds is 5. The lowest BCUT2D eigenvalue weighted by Crippen LogP contribution is -2.37. The first kappa shape index (κ1) is 17.4. The van der Waals surface area contributed by atoms with Gasteiger partial charge in [0.05, 0.1) is 10.2 Å². The Morgan fingerprint density at radius 2 is 1.84 bits per heavy atom. The molecule has 0 saturated heterocycles. The lowest BCUT2D eigenvalue weighted by Gasteiger charge is -2.15. The average Bonchev–Trinajstić information content (AvgIpc) is 3.03. The van der Waals surface area contributed by atoms with E-state index in [0.29, 0.717) is 0 Å². The van der Waals surface area contributed by atoms with Crippen molar-refractivity contribution in [2.45, 2.75) is 39.7 Å². The number of benzene rings is 2. The zero-order valence-electron chi connectivity index (χ0n) is 14.8. The Labute approximate surface area is 152 Å². The predicted octanol–water partition coefficient (Wildman–Crippen LogP) is 5.58. The van der Waals surface area contributed by atoms with E-state index in [-0.39, 0.29) is 12.1 Å². The van der Waals surface area contributed by atoms with Gasteiger partial charge in [0, 0.05) is 17.3 Å². The third-order valence-electron chi connectivity index (χ3n) is 4.25. The van der Waals surface area contributed by atoms with Crippen LogP contribution in [0.15, 0.2) is 42.5 Å². The number of nitrogens with one attached hydrogen (secondary N) is 2. The number of hydrogen-bond acceptors (Lipinski definition) is 3. The maximum Gasteiger partial charge on any atom is 0.319 e. The van der Waals surface area contributed by atoms with E-state index in [9.17, 15) is 4.79 Å². The van der Waals surface area contributed by atoms with Crippen molar-refractivity contribution in [2.24, 2.45) is 0 Å². The summed E-state index contributed by atoms with van der Waals surface area (Å²) in [5.41, 5.74) is 4.11. The van der Waals surface area contributed by atoms with Crippen LogP contribution in [0.2, 0.25) is 0 Å². The minimum atomic E-state index is -0.156. The monoisotopic (exact) mass is 353 g/mol. The average molecular weight is 353 g/mol. The second kappa shape index (κ2) is 7.66. The van der Waals surface area contributed by atoms with Crippen LogP contribution in [0.25, 0.3) is 20.8 Å². The highest BCUT2D eigenvalue weighted by molar-refractivity contribution is 7.21. The summed E-state index contributed by atoms with van der Waals surface area (Å²) in [5, 5.41) is 6.85. The fourth-order valence-corrected chi connectivity index (χ4v) is 3.77. The number of fused-ring (bicyclic) bond motifs is 1. The molecule has 2 amide bonds. The first-order valence-electron chi connectivity index (χ1n) is 8.64. The Hall–Kier alpha value is -2.40. The number of urea groups is 1. The van der Waals surface area contributed by atoms with Crippen LogP contribution < -0.4 is 10.6 Å². The maximum atomic E-state index is 12.0. The van der Waals surface area contributed by atoms with Crippen LogP contribution >= 0.6 is 11.3 Å². The Kier molecular flexibility index (Phi) is 5.34. The molecule has 0 radical (unpaired) electrons. The number of carbonyl (C=O) groups is 1. The van der Waals surface area contributed by atoms with Gasteiger partial charge in [-0.15, -0.1) is 11.3 Å². The molecule has 1 heterocycles. The summed E-state index contributed by atoms with van der Waals surface area (Å²) in [4.78, 5) is 16.7. The predicted molar refractivity (Wildman–Crippen MR) is 106 cm³/mol. The molecule has 5 heteroatoms. The fourth-order valence-electron chi connectivity index (χ4n) is 2.70. The molecule has 130 valence electrons. The summed E-state index contributed by atoms with van der Waals surface area (Å²) in [6.45, 7) is 6.23.